The van der Waals surface area contributed by atoms with Gasteiger partial charge < -0.3 is 10.1 Å². The fourth-order valence-electron chi connectivity index (χ4n) is 1.93. The van der Waals surface area contributed by atoms with Crippen LogP contribution < -0.4 is 10.1 Å². The fraction of sp³-hybridized carbons (Fsp3) is 0.278. The van der Waals surface area contributed by atoms with Crippen LogP contribution in [-0.2, 0) is 11.2 Å². The molecule has 0 radical (unpaired) electrons. The molecule has 1 unspecified atom stereocenters. The normalized spacial score (nSPS) is 11.8. The van der Waals surface area contributed by atoms with Crippen molar-refractivity contribution in [2.75, 3.05) is 5.32 Å². The van der Waals surface area contributed by atoms with Crippen molar-refractivity contribution in [3.63, 3.8) is 0 Å². The smallest absolute Gasteiger partial charge is 0.228 e. The third-order valence-electron chi connectivity index (χ3n) is 3.33. The zero-order valence-electron chi connectivity index (χ0n) is 12.8. The van der Waals surface area contributed by atoms with Gasteiger partial charge in [-0.05, 0) is 55.3 Å². The number of amides is 1. The minimum Gasteiger partial charge on any atom is -0.491 e. The predicted octanol–water partition coefficient (Wildman–Crippen LogP) is 4.70. The first-order chi connectivity index (χ1) is 10.6. The molecular weight excluding hydrogens is 298 g/mol. The van der Waals surface area contributed by atoms with E-state index in [1.807, 2.05) is 43.3 Å². The van der Waals surface area contributed by atoms with Crippen molar-refractivity contribution >= 4 is 23.2 Å². The van der Waals surface area contributed by atoms with E-state index < -0.39 is 0 Å². The first kappa shape index (κ1) is 16.4. The van der Waals surface area contributed by atoms with Gasteiger partial charge in [-0.1, -0.05) is 30.7 Å². The number of carbonyl (C=O) groups is 1. The topological polar surface area (TPSA) is 38.3 Å². The van der Waals surface area contributed by atoms with E-state index in [0.717, 1.165) is 23.4 Å². The molecule has 0 saturated heterocycles. The standard InChI is InChI=1S/C18H20ClNO2/c1-3-13(2)22-17-10-8-16(9-11-17)20-18(21)12-14-4-6-15(19)7-5-14/h4-11,13H,3,12H2,1-2H3,(H,20,21). The van der Waals surface area contributed by atoms with Crippen LogP contribution in [0.25, 0.3) is 0 Å². The quantitative estimate of drug-likeness (QED) is 0.838. The molecule has 0 aliphatic heterocycles. The summed E-state index contributed by atoms with van der Waals surface area (Å²) in [5.41, 5.74) is 1.69. The van der Waals surface area contributed by atoms with E-state index in [0.29, 0.717) is 11.4 Å². The summed E-state index contributed by atoms with van der Waals surface area (Å²) < 4.78 is 5.71. The molecule has 22 heavy (non-hydrogen) atoms. The maximum absolute atomic E-state index is 12.0. The molecule has 0 heterocycles. The molecule has 1 atom stereocenters. The molecule has 1 amide bonds. The summed E-state index contributed by atoms with van der Waals surface area (Å²) in [6.07, 6.45) is 1.47. The molecule has 0 aliphatic carbocycles. The van der Waals surface area contributed by atoms with Gasteiger partial charge in [0.05, 0.1) is 12.5 Å². The van der Waals surface area contributed by atoms with Crippen LogP contribution in [-0.4, -0.2) is 12.0 Å². The lowest BCUT2D eigenvalue weighted by atomic mass is 10.1. The van der Waals surface area contributed by atoms with Crippen molar-refractivity contribution in [3.05, 3.63) is 59.1 Å². The van der Waals surface area contributed by atoms with Crippen LogP contribution in [0, 0.1) is 0 Å². The summed E-state index contributed by atoms with van der Waals surface area (Å²) >= 11 is 5.83. The zero-order valence-corrected chi connectivity index (χ0v) is 13.6. The highest BCUT2D eigenvalue weighted by Crippen LogP contribution is 2.18. The Balaban J connectivity index is 1.90. The average molecular weight is 318 g/mol. The zero-order chi connectivity index (χ0) is 15.9. The number of benzene rings is 2. The lowest BCUT2D eigenvalue weighted by Gasteiger charge is -2.13. The van der Waals surface area contributed by atoms with Crippen LogP contribution in [0.4, 0.5) is 5.69 Å². The number of rotatable bonds is 6. The summed E-state index contributed by atoms with van der Waals surface area (Å²) in [6.45, 7) is 4.11. The van der Waals surface area contributed by atoms with Crippen molar-refractivity contribution in [1.29, 1.82) is 0 Å². The Morgan fingerprint density at radius 2 is 1.77 bits per heavy atom. The van der Waals surface area contributed by atoms with Crippen molar-refractivity contribution in [2.45, 2.75) is 32.8 Å². The van der Waals surface area contributed by atoms with Crippen LogP contribution in [0.2, 0.25) is 5.02 Å². The van der Waals surface area contributed by atoms with E-state index in [2.05, 4.69) is 12.2 Å². The molecule has 0 aliphatic rings. The van der Waals surface area contributed by atoms with Crippen molar-refractivity contribution < 1.29 is 9.53 Å². The number of anilines is 1. The largest absolute Gasteiger partial charge is 0.491 e. The Morgan fingerprint density at radius 1 is 1.14 bits per heavy atom. The number of carbonyl (C=O) groups excluding carboxylic acids is 1. The maximum Gasteiger partial charge on any atom is 0.228 e. The lowest BCUT2D eigenvalue weighted by molar-refractivity contribution is -0.115. The van der Waals surface area contributed by atoms with Gasteiger partial charge in [0.25, 0.3) is 0 Å². The van der Waals surface area contributed by atoms with E-state index in [1.165, 1.54) is 0 Å². The third kappa shape index (κ3) is 5.08. The van der Waals surface area contributed by atoms with Gasteiger partial charge in [0.2, 0.25) is 5.91 Å². The van der Waals surface area contributed by atoms with Crippen LogP contribution in [0.3, 0.4) is 0 Å². The second-order valence-corrected chi connectivity index (χ2v) is 5.65. The number of hydrogen-bond acceptors (Lipinski definition) is 2. The first-order valence-electron chi connectivity index (χ1n) is 7.38. The molecule has 3 nitrogen and oxygen atoms in total. The van der Waals surface area contributed by atoms with E-state index in [4.69, 9.17) is 16.3 Å². The molecule has 116 valence electrons. The molecule has 0 aromatic heterocycles. The monoisotopic (exact) mass is 317 g/mol. The summed E-state index contributed by atoms with van der Waals surface area (Å²) in [5, 5.41) is 3.54. The van der Waals surface area contributed by atoms with Gasteiger partial charge >= 0.3 is 0 Å². The molecular formula is C18H20ClNO2. The van der Waals surface area contributed by atoms with E-state index in [1.54, 1.807) is 12.1 Å². The highest BCUT2D eigenvalue weighted by molar-refractivity contribution is 6.30. The second-order valence-electron chi connectivity index (χ2n) is 5.21. The number of nitrogens with one attached hydrogen (secondary N) is 1. The molecule has 4 heteroatoms. The summed E-state index contributed by atoms with van der Waals surface area (Å²) in [6, 6.07) is 14.7. The Kier molecular flexibility index (Phi) is 5.84. The Labute approximate surface area is 136 Å². The molecule has 0 saturated carbocycles. The maximum atomic E-state index is 12.0. The Hall–Kier alpha value is -2.00. The minimum absolute atomic E-state index is 0.0575. The molecule has 1 N–H and O–H groups in total. The Bertz CT molecular complexity index is 608. The van der Waals surface area contributed by atoms with Crippen molar-refractivity contribution in [2.24, 2.45) is 0 Å². The molecule has 0 spiro atoms. The second kappa shape index (κ2) is 7.85. The van der Waals surface area contributed by atoms with Crippen molar-refractivity contribution in [3.8, 4) is 5.75 Å². The fourth-order valence-corrected chi connectivity index (χ4v) is 2.05. The first-order valence-corrected chi connectivity index (χ1v) is 7.75. The summed E-state index contributed by atoms with van der Waals surface area (Å²) in [5.74, 6) is 0.753. The Morgan fingerprint density at radius 3 is 2.36 bits per heavy atom. The highest BCUT2D eigenvalue weighted by atomic mass is 35.5. The predicted molar refractivity (Wildman–Crippen MR) is 90.6 cm³/mol. The molecule has 0 fully saturated rings. The summed E-state index contributed by atoms with van der Waals surface area (Å²) in [4.78, 5) is 12.0. The van der Waals surface area contributed by atoms with Gasteiger partial charge in [-0.15, -0.1) is 0 Å². The number of halogens is 1. The average Bonchev–Trinajstić information content (AvgIpc) is 2.51. The lowest BCUT2D eigenvalue weighted by Crippen LogP contribution is -2.14. The van der Waals surface area contributed by atoms with Crippen LogP contribution in [0.15, 0.2) is 48.5 Å². The van der Waals surface area contributed by atoms with Gasteiger partial charge in [0.15, 0.2) is 0 Å². The number of ether oxygens (including phenoxy) is 1. The van der Waals surface area contributed by atoms with E-state index >= 15 is 0 Å². The van der Waals surface area contributed by atoms with Crippen molar-refractivity contribution in [1.82, 2.24) is 0 Å². The van der Waals surface area contributed by atoms with Crippen LogP contribution in [0.1, 0.15) is 25.8 Å². The molecule has 2 rings (SSSR count). The summed E-state index contributed by atoms with van der Waals surface area (Å²) in [7, 11) is 0. The number of hydrogen-bond donors (Lipinski definition) is 1. The third-order valence-corrected chi connectivity index (χ3v) is 3.58. The molecule has 2 aromatic rings. The highest BCUT2D eigenvalue weighted by Gasteiger charge is 2.05. The van der Waals surface area contributed by atoms with Gasteiger partial charge in [0, 0.05) is 10.7 Å². The van der Waals surface area contributed by atoms with Gasteiger partial charge in [-0.2, -0.15) is 0 Å². The van der Waals surface area contributed by atoms with Gasteiger partial charge in [-0.3, -0.25) is 4.79 Å². The van der Waals surface area contributed by atoms with E-state index in [-0.39, 0.29) is 12.0 Å². The van der Waals surface area contributed by atoms with E-state index in [9.17, 15) is 4.79 Å². The molecule has 0 bridgehead atoms. The van der Waals surface area contributed by atoms with Crippen LogP contribution in [0.5, 0.6) is 5.75 Å². The SMILES string of the molecule is CCC(C)Oc1ccc(NC(=O)Cc2ccc(Cl)cc2)cc1. The molecule has 2 aromatic carbocycles. The minimum atomic E-state index is -0.0575. The van der Waals surface area contributed by atoms with Gasteiger partial charge in [-0.25, -0.2) is 0 Å². The van der Waals surface area contributed by atoms with Gasteiger partial charge in [0.1, 0.15) is 5.75 Å². The van der Waals surface area contributed by atoms with Crippen LogP contribution >= 0.6 is 11.6 Å².